The van der Waals surface area contributed by atoms with Crippen LogP contribution >= 0.6 is 11.3 Å². The van der Waals surface area contributed by atoms with Crippen molar-refractivity contribution >= 4 is 17.3 Å². The predicted molar refractivity (Wildman–Crippen MR) is 74.2 cm³/mol. The molecule has 1 aromatic rings. The van der Waals surface area contributed by atoms with Gasteiger partial charge in [0.15, 0.2) is 0 Å². The number of hydrogen-bond donors (Lipinski definition) is 1. The Morgan fingerprint density at radius 2 is 2.28 bits per heavy atom. The molecule has 0 spiro atoms. The number of nitrogens with zero attached hydrogens (tertiary/aromatic N) is 1. The fraction of sp³-hybridized carbons (Fsp3) is 0.643. The first kappa shape index (κ1) is 13.6. The second-order valence-corrected chi connectivity index (χ2v) is 6.22. The van der Waals surface area contributed by atoms with Gasteiger partial charge in [0.25, 0.3) is 0 Å². The van der Waals surface area contributed by atoms with Crippen molar-refractivity contribution in [1.29, 1.82) is 0 Å². The first-order chi connectivity index (χ1) is 8.69. The molecule has 1 atom stereocenters. The molecule has 1 aromatic heterocycles. The minimum atomic E-state index is -0.812. The van der Waals surface area contributed by atoms with Gasteiger partial charge in [-0.3, -0.25) is 4.90 Å². The summed E-state index contributed by atoms with van der Waals surface area (Å²) in [5.41, 5.74) is 0. The van der Waals surface area contributed by atoms with E-state index in [1.165, 1.54) is 41.9 Å². The third-order valence-electron chi connectivity index (χ3n) is 3.77. The molecule has 18 heavy (non-hydrogen) atoms. The Labute approximate surface area is 112 Å². The van der Waals surface area contributed by atoms with Crippen molar-refractivity contribution in [2.75, 3.05) is 13.1 Å². The van der Waals surface area contributed by atoms with Crippen LogP contribution in [0.25, 0.3) is 0 Å². The van der Waals surface area contributed by atoms with E-state index in [-0.39, 0.29) is 0 Å². The largest absolute Gasteiger partial charge is 0.477 e. The van der Waals surface area contributed by atoms with Gasteiger partial charge in [-0.05, 0) is 50.4 Å². The molecule has 100 valence electrons. The van der Waals surface area contributed by atoms with Crippen LogP contribution in [0.1, 0.15) is 47.2 Å². The highest BCUT2D eigenvalue weighted by Gasteiger charge is 2.16. The van der Waals surface area contributed by atoms with Crippen molar-refractivity contribution in [3.63, 3.8) is 0 Å². The van der Waals surface area contributed by atoms with Crippen molar-refractivity contribution in [1.82, 2.24) is 4.90 Å². The molecule has 3 nitrogen and oxygen atoms in total. The number of rotatable bonds is 4. The van der Waals surface area contributed by atoms with Crippen molar-refractivity contribution < 1.29 is 9.90 Å². The van der Waals surface area contributed by atoms with Crippen LogP contribution in [-0.4, -0.2) is 29.1 Å². The number of hydrogen-bond acceptors (Lipinski definition) is 3. The maximum atomic E-state index is 10.8. The minimum Gasteiger partial charge on any atom is -0.477 e. The Morgan fingerprint density at radius 3 is 2.94 bits per heavy atom. The monoisotopic (exact) mass is 267 g/mol. The topological polar surface area (TPSA) is 40.5 Å². The van der Waals surface area contributed by atoms with E-state index in [0.717, 1.165) is 25.6 Å². The number of aromatic carboxylic acids is 1. The maximum Gasteiger partial charge on any atom is 0.345 e. The third-order valence-corrected chi connectivity index (χ3v) is 4.83. The zero-order valence-electron chi connectivity index (χ0n) is 10.9. The van der Waals surface area contributed by atoms with Crippen LogP contribution in [0.3, 0.4) is 0 Å². The van der Waals surface area contributed by atoms with Gasteiger partial charge < -0.3 is 5.11 Å². The van der Waals surface area contributed by atoms with E-state index in [2.05, 4.69) is 11.8 Å². The highest BCUT2D eigenvalue weighted by Crippen LogP contribution is 2.23. The minimum absolute atomic E-state index is 0.450. The molecular weight excluding hydrogens is 246 g/mol. The Kier molecular flexibility index (Phi) is 4.78. The average molecular weight is 267 g/mol. The van der Waals surface area contributed by atoms with Crippen LogP contribution in [0.5, 0.6) is 0 Å². The molecule has 1 aliphatic rings. The SMILES string of the molecule is CCC1CCCN(Cc2ccc(C(=O)O)s2)CC1. The van der Waals surface area contributed by atoms with Gasteiger partial charge in [-0.1, -0.05) is 13.3 Å². The van der Waals surface area contributed by atoms with Crippen LogP contribution in [0.2, 0.25) is 0 Å². The normalized spacial score (nSPS) is 21.7. The quantitative estimate of drug-likeness (QED) is 0.908. The summed E-state index contributed by atoms with van der Waals surface area (Å²) in [6.45, 7) is 5.49. The van der Waals surface area contributed by atoms with E-state index >= 15 is 0 Å². The molecule has 1 aliphatic heterocycles. The first-order valence-electron chi connectivity index (χ1n) is 6.73. The Morgan fingerprint density at radius 1 is 1.44 bits per heavy atom. The zero-order chi connectivity index (χ0) is 13.0. The molecule has 1 saturated heterocycles. The van der Waals surface area contributed by atoms with E-state index in [1.807, 2.05) is 6.07 Å². The van der Waals surface area contributed by atoms with E-state index in [1.54, 1.807) is 6.07 Å². The highest BCUT2D eigenvalue weighted by molar-refractivity contribution is 7.13. The molecule has 1 N–H and O–H groups in total. The Bertz CT molecular complexity index is 402. The van der Waals surface area contributed by atoms with E-state index < -0.39 is 5.97 Å². The molecule has 1 unspecified atom stereocenters. The van der Waals surface area contributed by atoms with Crippen LogP contribution in [0.15, 0.2) is 12.1 Å². The van der Waals surface area contributed by atoms with Gasteiger partial charge in [0, 0.05) is 11.4 Å². The lowest BCUT2D eigenvalue weighted by molar-refractivity contribution is 0.0702. The molecule has 1 fully saturated rings. The van der Waals surface area contributed by atoms with Gasteiger partial charge in [-0.25, -0.2) is 4.79 Å². The fourth-order valence-corrected chi connectivity index (χ4v) is 3.48. The van der Waals surface area contributed by atoms with Crippen molar-refractivity contribution in [2.24, 2.45) is 5.92 Å². The molecule has 0 aromatic carbocycles. The van der Waals surface area contributed by atoms with E-state index in [0.29, 0.717) is 4.88 Å². The van der Waals surface area contributed by atoms with E-state index in [4.69, 9.17) is 5.11 Å². The molecule has 4 heteroatoms. The van der Waals surface area contributed by atoms with Crippen LogP contribution in [0, 0.1) is 5.92 Å². The molecule has 2 heterocycles. The summed E-state index contributed by atoms with van der Waals surface area (Å²) < 4.78 is 0. The molecule has 0 bridgehead atoms. The smallest absolute Gasteiger partial charge is 0.345 e. The number of carboxylic acid groups (broad SMARTS) is 1. The lowest BCUT2D eigenvalue weighted by Crippen LogP contribution is -2.23. The van der Waals surface area contributed by atoms with Crippen LogP contribution < -0.4 is 0 Å². The summed E-state index contributed by atoms with van der Waals surface area (Å²) in [5.74, 6) is 0.0704. The summed E-state index contributed by atoms with van der Waals surface area (Å²) in [5, 5.41) is 8.91. The predicted octanol–water partition coefficient (Wildman–Crippen LogP) is 3.46. The summed E-state index contributed by atoms with van der Waals surface area (Å²) in [7, 11) is 0. The van der Waals surface area contributed by atoms with Gasteiger partial charge in [-0.2, -0.15) is 0 Å². The van der Waals surface area contributed by atoms with Crippen molar-refractivity contribution in [3.05, 3.63) is 21.9 Å². The summed E-state index contributed by atoms with van der Waals surface area (Å²) >= 11 is 1.41. The highest BCUT2D eigenvalue weighted by atomic mass is 32.1. The molecule has 2 rings (SSSR count). The first-order valence-corrected chi connectivity index (χ1v) is 7.55. The zero-order valence-corrected chi connectivity index (χ0v) is 11.7. The number of carbonyl (C=O) groups is 1. The third kappa shape index (κ3) is 3.56. The summed E-state index contributed by atoms with van der Waals surface area (Å²) in [6.07, 6.45) is 5.19. The molecule has 0 radical (unpaired) electrons. The van der Waals surface area contributed by atoms with Crippen molar-refractivity contribution in [3.8, 4) is 0 Å². The second-order valence-electron chi connectivity index (χ2n) is 5.05. The van der Waals surface area contributed by atoms with Gasteiger partial charge in [-0.15, -0.1) is 11.3 Å². The molecule has 0 aliphatic carbocycles. The molecular formula is C14H21NO2S. The van der Waals surface area contributed by atoms with Gasteiger partial charge in [0.05, 0.1) is 0 Å². The Balaban J connectivity index is 1.90. The number of likely N-dealkylation sites (tertiary alicyclic amines) is 1. The number of thiophene rings is 1. The van der Waals surface area contributed by atoms with E-state index in [9.17, 15) is 4.79 Å². The lowest BCUT2D eigenvalue weighted by atomic mass is 9.98. The van der Waals surface area contributed by atoms with Crippen LogP contribution in [0.4, 0.5) is 0 Å². The molecule has 0 saturated carbocycles. The second kappa shape index (κ2) is 6.34. The van der Waals surface area contributed by atoms with Crippen LogP contribution in [-0.2, 0) is 6.54 Å². The van der Waals surface area contributed by atoms with Gasteiger partial charge in [0.2, 0.25) is 0 Å². The Hall–Kier alpha value is -0.870. The summed E-state index contributed by atoms with van der Waals surface area (Å²) in [4.78, 5) is 14.9. The number of carboxylic acids is 1. The maximum absolute atomic E-state index is 10.8. The molecule has 0 amide bonds. The standard InChI is InChI=1S/C14H21NO2S/c1-2-11-4-3-8-15(9-7-11)10-12-5-6-13(18-12)14(16)17/h5-6,11H,2-4,7-10H2,1H3,(H,16,17). The lowest BCUT2D eigenvalue weighted by Gasteiger charge is -2.19. The van der Waals surface area contributed by atoms with Crippen molar-refractivity contribution in [2.45, 2.75) is 39.2 Å². The van der Waals surface area contributed by atoms with Gasteiger partial charge in [0.1, 0.15) is 4.88 Å². The summed E-state index contributed by atoms with van der Waals surface area (Å²) in [6, 6.07) is 3.67. The fourth-order valence-electron chi connectivity index (χ4n) is 2.59. The average Bonchev–Trinajstić information content (AvgIpc) is 2.69. The van der Waals surface area contributed by atoms with Gasteiger partial charge >= 0.3 is 5.97 Å².